The van der Waals surface area contributed by atoms with Crippen LogP contribution in [-0.4, -0.2) is 62.7 Å². The van der Waals surface area contributed by atoms with E-state index in [1.165, 1.54) is 7.11 Å². The number of rotatable bonds is 6. The molecular formula is C23H28BrN3O4. The van der Waals surface area contributed by atoms with Crippen LogP contribution in [0.3, 0.4) is 0 Å². The third-order valence-corrected chi connectivity index (χ3v) is 5.77. The van der Waals surface area contributed by atoms with E-state index in [1.54, 1.807) is 38.1 Å². The van der Waals surface area contributed by atoms with Crippen LogP contribution in [0.2, 0.25) is 0 Å². The summed E-state index contributed by atoms with van der Waals surface area (Å²) in [4.78, 5) is 29.7. The SMILES string of the molecule is COC(=O)c1ccc(N2CCN(C)CC2)c(NC(=O)C(C)(C)Oc2ccc(Br)cc2)c1. The summed E-state index contributed by atoms with van der Waals surface area (Å²) in [5.74, 6) is -0.176. The second-order valence-electron chi connectivity index (χ2n) is 8.03. The van der Waals surface area contributed by atoms with Crippen molar-refractivity contribution in [3.8, 4) is 5.75 Å². The minimum Gasteiger partial charge on any atom is -0.478 e. The second kappa shape index (κ2) is 9.70. The average Bonchev–Trinajstić information content (AvgIpc) is 2.75. The van der Waals surface area contributed by atoms with Crippen LogP contribution in [0.4, 0.5) is 11.4 Å². The van der Waals surface area contributed by atoms with E-state index < -0.39 is 11.6 Å². The van der Waals surface area contributed by atoms with Crippen molar-refractivity contribution >= 4 is 39.2 Å². The Morgan fingerprint density at radius 3 is 2.29 bits per heavy atom. The van der Waals surface area contributed by atoms with E-state index in [2.05, 4.69) is 38.1 Å². The molecule has 1 aliphatic rings. The summed E-state index contributed by atoms with van der Waals surface area (Å²) in [6, 6.07) is 12.5. The third-order valence-electron chi connectivity index (χ3n) is 5.24. The molecule has 3 rings (SSSR count). The van der Waals surface area contributed by atoms with Gasteiger partial charge in [-0.1, -0.05) is 15.9 Å². The number of hydrogen-bond acceptors (Lipinski definition) is 6. The summed E-state index contributed by atoms with van der Waals surface area (Å²) in [7, 11) is 3.42. The van der Waals surface area contributed by atoms with E-state index in [9.17, 15) is 9.59 Å². The lowest BCUT2D eigenvalue weighted by atomic mass is 10.1. The largest absolute Gasteiger partial charge is 0.478 e. The van der Waals surface area contributed by atoms with Gasteiger partial charge in [-0.25, -0.2) is 4.79 Å². The molecular weight excluding hydrogens is 462 g/mol. The normalized spacial score (nSPS) is 14.8. The topological polar surface area (TPSA) is 71.1 Å². The lowest BCUT2D eigenvalue weighted by Crippen LogP contribution is -2.45. The number of piperazine rings is 1. The maximum absolute atomic E-state index is 13.2. The van der Waals surface area contributed by atoms with Crippen molar-refractivity contribution in [1.82, 2.24) is 4.90 Å². The number of nitrogens with zero attached hydrogens (tertiary/aromatic N) is 2. The number of anilines is 2. The number of hydrogen-bond donors (Lipinski definition) is 1. The molecule has 1 heterocycles. The van der Waals surface area contributed by atoms with Crippen molar-refractivity contribution in [2.75, 3.05) is 50.6 Å². The van der Waals surface area contributed by atoms with Gasteiger partial charge in [-0.2, -0.15) is 0 Å². The summed E-state index contributed by atoms with van der Waals surface area (Å²) >= 11 is 3.39. The van der Waals surface area contributed by atoms with Gasteiger partial charge in [0.2, 0.25) is 0 Å². The van der Waals surface area contributed by atoms with Crippen LogP contribution in [0.15, 0.2) is 46.9 Å². The average molecular weight is 490 g/mol. The molecule has 0 bridgehead atoms. The monoisotopic (exact) mass is 489 g/mol. The Hall–Kier alpha value is -2.58. The standard InChI is InChI=1S/C23H28BrN3O4/c1-23(2,31-18-8-6-17(24)7-9-18)22(29)25-19-15-16(21(28)30-4)5-10-20(19)27-13-11-26(3)12-14-27/h5-10,15H,11-14H2,1-4H3,(H,25,29). The quantitative estimate of drug-likeness (QED) is 0.622. The molecule has 2 aromatic rings. The molecule has 1 amide bonds. The molecule has 0 atom stereocenters. The predicted molar refractivity (Wildman–Crippen MR) is 125 cm³/mol. The highest BCUT2D eigenvalue weighted by Gasteiger charge is 2.31. The molecule has 0 aromatic heterocycles. The fourth-order valence-electron chi connectivity index (χ4n) is 3.32. The molecule has 1 N–H and O–H groups in total. The third kappa shape index (κ3) is 5.77. The molecule has 7 nitrogen and oxygen atoms in total. The van der Waals surface area contributed by atoms with Crippen molar-refractivity contribution < 1.29 is 19.1 Å². The molecule has 1 fully saturated rings. The highest BCUT2D eigenvalue weighted by molar-refractivity contribution is 9.10. The van der Waals surface area contributed by atoms with Crippen LogP contribution in [0.25, 0.3) is 0 Å². The first-order valence-corrected chi connectivity index (χ1v) is 10.9. The summed E-state index contributed by atoms with van der Waals surface area (Å²) in [6.45, 7) is 6.92. The minimum atomic E-state index is -1.13. The molecule has 0 aliphatic carbocycles. The number of benzene rings is 2. The summed E-state index contributed by atoms with van der Waals surface area (Å²) in [5.41, 5.74) is 0.676. The Balaban J connectivity index is 1.85. The zero-order valence-corrected chi connectivity index (χ0v) is 19.9. The Morgan fingerprint density at radius 1 is 1.03 bits per heavy atom. The van der Waals surface area contributed by atoms with Crippen molar-refractivity contribution in [2.24, 2.45) is 0 Å². The van der Waals surface area contributed by atoms with Gasteiger partial charge in [0.25, 0.3) is 5.91 Å². The van der Waals surface area contributed by atoms with Gasteiger partial charge >= 0.3 is 5.97 Å². The van der Waals surface area contributed by atoms with Crippen LogP contribution in [0.1, 0.15) is 24.2 Å². The van der Waals surface area contributed by atoms with E-state index >= 15 is 0 Å². The Morgan fingerprint density at radius 2 is 1.68 bits per heavy atom. The summed E-state index contributed by atoms with van der Waals surface area (Å²) in [5, 5.41) is 2.97. The van der Waals surface area contributed by atoms with Gasteiger partial charge in [-0.05, 0) is 63.4 Å². The fourth-order valence-corrected chi connectivity index (χ4v) is 3.58. The number of carbonyl (C=O) groups is 2. The van der Waals surface area contributed by atoms with Gasteiger partial charge in [-0.3, -0.25) is 4.79 Å². The Kier molecular flexibility index (Phi) is 7.23. The number of likely N-dealkylation sites (N-methyl/N-ethyl adjacent to an activating group) is 1. The van der Waals surface area contributed by atoms with Crippen LogP contribution >= 0.6 is 15.9 Å². The van der Waals surface area contributed by atoms with Crippen LogP contribution in [-0.2, 0) is 9.53 Å². The van der Waals surface area contributed by atoms with E-state index in [4.69, 9.17) is 9.47 Å². The van der Waals surface area contributed by atoms with Crippen LogP contribution in [0, 0.1) is 0 Å². The zero-order chi connectivity index (χ0) is 22.6. The highest BCUT2D eigenvalue weighted by atomic mass is 79.9. The van der Waals surface area contributed by atoms with E-state index in [-0.39, 0.29) is 5.91 Å². The maximum atomic E-state index is 13.2. The number of esters is 1. The van der Waals surface area contributed by atoms with Gasteiger partial charge in [0.1, 0.15) is 5.75 Å². The molecule has 2 aromatic carbocycles. The molecule has 1 saturated heterocycles. The molecule has 0 unspecified atom stereocenters. The predicted octanol–water partition coefficient (Wildman–Crippen LogP) is 3.78. The Bertz CT molecular complexity index is 938. The van der Waals surface area contributed by atoms with Gasteiger partial charge in [0.15, 0.2) is 5.60 Å². The van der Waals surface area contributed by atoms with Crippen molar-refractivity contribution in [2.45, 2.75) is 19.4 Å². The molecule has 8 heteroatoms. The highest BCUT2D eigenvalue weighted by Crippen LogP contribution is 2.30. The number of amides is 1. The van der Waals surface area contributed by atoms with E-state index in [1.807, 2.05) is 18.2 Å². The molecule has 0 radical (unpaired) electrons. The lowest BCUT2D eigenvalue weighted by molar-refractivity contribution is -0.128. The van der Waals surface area contributed by atoms with E-state index in [0.717, 1.165) is 36.3 Å². The van der Waals surface area contributed by atoms with E-state index in [0.29, 0.717) is 17.0 Å². The molecule has 0 saturated carbocycles. The number of carbonyl (C=O) groups excluding carboxylic acids is 2. The van der Waals surface area contributed by atoms with Gasteiger partial charge in [0.05, 0.1) is 24.0 Å². The number of halogens is 1. The van der Waals surface area contributed by atoms with Crippen LogP contribution < -0.4 is 15.0 Å². The summed E-state index contributed by atoms with van der Waals surface area (Å²) in [6.07, 6.45) is 0. The summed E-state index contributed by atoms with van der Waals surface area (Å²) < 4.78 is 11.7. The number of nitrogens with one attached hydrogen (secondary N) is 1. The smallest absolute Gasteiger partial charge is 0.337 e. The first-order chi connectivity index (χ1) is 14.7. The molecule has 31 heavy (non-hydrogen) atoms. The van der Waals surface area contributed by atoms with Crippen molar-refractivity contribution in [3.05, 3.63) is 52.5 Å². The minimum absolute atomic E-state index is 0.312. The lowest BCUT2D eigenvalue weighted by Gasteiger charge is -2.35. The molecule has 1 aliphatic heterocycles. The zero-order valence-electron chi connectivity index (χ0n) is 18.3. The first kappa shape index (κ1) is 23.1. The Labute approximate surface area is 191 Å². The number of methoxy groups -OCH3 is 1. The van der Waals surface area contributed by atoms with Crippen molar-refractivity contribution in [3.63, 3.8) is 0 Å². The first-order valence-electron chi connectivity index (χ1n) is 10.1. The van der Waals surface area contributed by atoms with Gasteiger partial charge in [0, 0.05) is 30.7 Å². The van der Waals surface area contributed by atoms with Gasteiger partial charge < -0.3 is 24.6 Å². The second-order valence-corrected chi connectivity index (χ2v) is 8.95. The van der Waals surface area contributed by atoms with Crippen LogP contribution in [0.5, 0.6) is 5.75 Å². The fraction of sp³-hybridized carbons (Fsp3) is 0.391. The molecule has 0 spiro atoms. The maximum Gasteiger partial charge on any atom is 0.337 e. The van der Waals surface area contributed by atoms with Gasteiger partial charge in [-0.15, -0.1) is 0 Å². The molecule has 166 valence electrons. The number of ether oxygens (including phenoxy) is 2. The van der Waals surface area contributed by atoms with Crippen molar-refractivity contribution in [1.29, 1.82) is 0 Å².